The number of aromatic nitrogens is 1. The van der Waals surface area contributed by atoms with Gasteiger partial charge in [0, 0.05) is 30.2 Å². The topological polar surface area (TPSA) is 20.2 Å². The van der Waals surface area contributed by atoms with Crippen LogP contribution in [0.15, 0.2) is 36.4 Å². The highest BCUT2D eigenvalue weighted by atomic mass is 32.1. The Labute approximate surface area is 137 Å². The molecule has 4 heteroatoms. The first kappa shape index (κ1) is 15.1. The van der Waals surface area contributed by atoms with Crippen LogP contribution in [0.2, 0.25) is 0 Å². The standard InChI is InChI=1S/C18H23N3S/c1-4-15-6-8-16(9-7-15)19-18(22)21-12-11-20-13(2)5-10-17(20)14(21)3/h5-10,14H,4,11-12H2,1-3H3,(H,19,22)/t14-/m0/s1. The minimum atomic E-state index is 0.303. The van der Waals surface area contributed by atoms with E-state index in [9.17, 15) is 0 Å². The van der Waals surface area contributed by atoms with E-state index in [0.29, 0.717) is 6.04 Å². The number of benzene rings is 1. The van der Waals surface area contributed by atoms with E-state index in [-0.39, 0.29) is 0 Å². The molecule has 0 bridgehead atoms. The van der Waals surface area contributed by atoms with Crippen LogP contribution in [0.5, 0.6) is 0 Å². The third-order valence-corrected chi connectivity index (χ3v) is 4.90. The summed E-state index contributed by atoms with van der Waals surface area (Å²) in [5, 5.41) is 4.19. The molecular weight excluding hydrogens is 290 g/mol. The van der Waals surface area contributed by atoms with Crippen molar-refractivity contribution in [1.82, 2.24) is 9.47 Å². The number of rotatable bonds is 2. The molecule has 0 spiro atoms. The summed E-state index contributed by atoms with van der Waals surface area (Å²) in [6.45, 7) is 8.49. The third-order valence-electron chi connectivity index (χ3n) is 4.57. The molecule has 1 N–H and O–H groups in total. The number of nitrogens with one attached hydrogen (secondary N) is 1. The van der Waals surface area contributed by atoms with Crippen molar-refractivity contribution in [2.45, 2.75) is 39.8 Å². The van der Waals surface area contributed by atoms with Gasteiger partial charge in [0.2, 0.25) is 0 Å². The summed E-state index contributed by atoms with van der Waals surface area (Å²) in [6, 6.07) is 13.2. The predicted octanol–water partition coefficient (Wildman–Crippen LogP) is 4.13. The Bertz CT molecular complexity index is 672. The van der Waals surface area contributed by atoms with Crippen molar-refractivity contribution in [3.63, 3.8) is 0 Å². The Kier molecular flexibility index (Phi) is 4.21. The molecule has 1 aliphatic rings. The Hall–Kier alpha value is -1.81. The first-order valence-electron chi connectivity index (χ1n) is 7.92. The molecule has 0 saturated carbocycles. The molecule has 3 nitrogen and oxygen atoms in total. The first-order valence-corrected chi connectivity index (χ1v) is 8.33. The molecule has 0 radical (unpaired) electrons. The van der Waals surface area contributed by atoms with Gasteiger partial charge >= 0.3 is 0 Å². The van der Waals surface area contributed by atoms with E-state index < -0.39 is 0 Å². The van der Waals surface area contributed by atoms with Crippen molar-refractivity contribution in [1.29, 1.82) is 0 Å². The SMILES string of the molecule is CCc1ccc(NC(=S)N2CCn3c(C)ccc3[C@@H]2C)cc1. The van der Waals surface area contributed by atoms with E-state index in [1.807, 2.05) is 0 Å². The highest BCUT2D eigenvalue weighted by Crippen LogP contribution is 2.27. The molecule has 1 atom stereocenters. The van der Waals surface area contributed by atoms with Gasteiger partial charge in [-0.2, -0.15) is 0 Å². The van der Waals surface area contributed by atoms with Crippen LogP contribution in [0.3, 0.4) is 0 Å². The average molecular weight is 313 g/mol. The van der Waals surface area contributed by atoms with E-state index in [4.69, 9.17) is 12.2 Å². The maximum atomic E-state index is 5.64. The van der Waals surface area contributed by atoms with Gasteiger partial charge in [0.05, 0.1) is 6.04 Å². The second kappa shape index (κ2) is 6.13. The van der Waals surface area contributed by atoms with Crippen LogP contribution in [0.1, 0.15) is 36.8 Å². The quantitative estimate of drug-likeness (QED) is 0.842. The fourth-order valence-corrected chi connectivity index (χ4v) is 3.48. The first-order chi connectivity index (χ1) is 10.6. The van der Waals surface area contributed by atoms with Gasteiger partial charge in [0.15, 0.2) is 5.11 Å². The zero-order valence-corrected chi connectivity index (χ0v) is 14.3. The van der Waals surface area contributed by atoms with E-state index in [0.717, 1.165) is 30.3 Å². The number of anilines is 1. The Morgan fingerprint density at radius 3 is 2.59 bits per heavy atom. The summed E-state index contributed by atoms with van der Waals surface area (Å²) >= 11 is 5.64. The molecule has 0 unspecified atom stereocenters. The lowest BCUT2D eigenvalue weighted by atomic mass is 10.1. The molecule has 116 valence electrons. The molecule has 1 aromatic carbocycles. The lowest BCUT2D eigenvalue weighted by molar-refractivity contribution is 0.274. The number of thiocarbonyl (C=S) groups is 1. The van der Waals surface area contributed by atoms with Gasteiger partial charge in [0.1, 0.15) is 0 Å². The maximum absolute atomic E-state index is 5.64. The van der Waals surface area contributed by atoms with Crippen molar-refractivity contribution in [2.75, 3.05) is 11.9 Å². The van der Waals surface area contributed by atoms with Crippen LogP contribution in [-0.4, -0.2) is 21.1 Å². The van der Waals surface area contributed by atoms with E-state index in [1.165, 1.54) is 17.0 Å². The van der Waals surface area contributed by atoms with Crippen molar-refractivity contribution < 1.29 is 0 Å². The summed E-state index contributed by atoms with van der Waals surface area (Å²) in [7, 11) is 0. The second-order valence-electron chi connectivity index (χ2n) is 5.90. The smallest absolute Gasteiger partial charge is 0.174 e. The van der Waals surface area contributed by atoms with Crippen LogP contribution >= 0.6 is 12.2 Å². The lowest BCUT2D eigenvalue weighted by Crippen LogP contribution is -2.43. The summed E-state index contributed by atoms with van der Waals surface area (Å²) in [5.74, 6) is 0. The van der Waals surface area contributed by atoms with Crippen molar-refractivity contribution >= 4 is 23.0 Å². The number of fused-ring (bicyclic) bond motifs is 1. The van der Waals surface area contributed by atoms with Crippen LogP contribution in [0.4, 0.5) is 5.69 Å². The third kappa shape index (κ3) is 2.75. The number of hydrogen-bond acceptors (Lipinski definition) is 1. The largest absolute Gasteiger partial charge is 0.345 e. The van der Waals surface area contributed by atoms with Crippen LogP contribution in [-0.2, 0) is 13.0 Å². The number of hydrogen-bond donors (Lipinski definition) is 1. The maximum Gasteiger partial charge on any atom is 0.174 e. The molecule has 1 aromatic heterocycles. The van der Waals surface area contributed by atoms with Crippen LogP contribution in [0.25, 0.3) is 0 Å². The molecule has 0 aliphatic carbocycles. The van der Waals surface area contributed by atoms with Crippen molar-refractivity contribution in [3.05, 3.63) is 53.3 Å². The molecule has 2 heterocycles. The van der Waals surface area contributed by atoms with Gasteiger partial charge in [-0.05, 0) is 62.3 Å². The molecule has 2 aromatic rings. The zero-order chi connectivity index (χ0) is 15.7. The average Bonchev–Trinajstić information content (AvgIpc) is 2.90. The van der Waals surface area contributed by atoms with Crippen LogP contribution in [0, 0.1) is 6.92 Å². The minimum absolute atomic E-state index is 0.303. The molecule has 22 heavy (non-hydrogen) atoms. The van der Waals surface area contributed by atoms with Crippen molar-refractivity contribution in [3.8, 4) is 0 Å². The molecular formula is C18H23N3S. The molecule has 3 rings (SSSR count). The van der Waals surface area contributed by atoms with Gasteiger partial charge in [-0.1, -0.05) is 19.1 Å². The summed E-state index contributed by atoms with van der Waals surface area (Å²) in [5.41, 5.74) is 5.08. The Balaban J connectivity index is 1.72. The molecule has 1 aliphatic heterocycles. The van der Waals surface area contributed by atoms with Gasteiger partial charge in [-0.15, -0.1) is 0 Å². The summed E-state index contributed by atoms with van der Waals surface area (Å²) in [6.07, 6.45) is 1.06. The van der Waals surface area contributed by atoms with E-state index in [1.54, 1.807) is 0 Å². The number of aryl methyl sites for hydroxylation is 2. The van der Waals surface area contributed by atoms with Gasteiger partial charge < -0.3 is 14.8 Å². The zero-order valence-electron chi connectivity index (χ0n) is 13.5. The van der Waals surface area contributed by atoms with Crippen LogP contribution < -0.4 is 5.32 Å². The van der Waals surface area contributed by atoms with Gasteiger partial charge in [-0.25, -0.2) is 0 Å². The predicted molar refractivity (Wildman–Crippen MR) is 96.3 cm³/mol. The lowest BCUT2D eigenvalue weighted by Gasteiger charge is -2.37. The van der Waals surface area contributed by atoms with Gasteiger partial charge in [-0.3, -0.25) is 0 Å². The highest BCUT2D eigenvalue weighted by molar-refractivity contribution is 7.80. The van der Waals surface area contributed by atoms with Crippen molar-refractivity contribution in [2.24, 2.45) is 0 Å². The Morgan fingerprint density at radius 2 is 1.91 bits per heavy atom. The number of nitrogens with zero attached hydrogens (tertiary/aromatic N) is 2. The van der Waals surface area contributed by atoms with E-state index >= 15 is 0 Å². The normalized spacial score (nSPS) is 17.2. The fraction of sp³-hybridized carbons (Fsp3) is 0.389. The van der Waals surface area contributed by atoms with Gasteiger partial charge in [0.25, 0.3) is 0 Å². The summed E-state index contributed by atoms with van der Waals surface area (Å²) < 4.78 is 2.39. The fourth-order valence-electron chi connectivity index (χ4n) is 3.12. The molecule has 0 saturated heterocycles. The van der Waals surface area contributed by atoms with E-state index in [2.05, 4.69) is 72.0 Å². The summed E-state index contributed by atoms with van der Waals surface area (Å²) in [4.78, 5) is 2.28. The highest BCUT2D eigenvalue weighted by Gasteiger charge is 2.26. The Morgan fingerprint density at radius 1 is 1.18 bits per heavy atom. The minimum Gasteiger partial charge on any atom is -0.345 e. The monoisotopic (exact) mass is 313 g/mol. The molecule has 0 fully saturated rings. The molecule has 0 amide bonds. The second-order valence-corrected chi connectivity index (χ2v) is 6.29.